The topological polar surface area (TPSA) is 35.0 Å². The minimum absolute atomic E-state index is 0.265. The van der Waals surface area contributed by atoms with Crippen LogP contribution in [0.5, 0.6) is 11.6 Å². The third kappa shape index (κ3) is 3.95. The first-order valence-electron chi connectivity index (χ1n) is 5.91. The summed E-state index contributed by atoms with van der Waals surface area (Å²) < 4.78 is 43.4. The van der Waals surface area contributed by atoms with Crippen molar-refractivity contribution in [2.45, 2.75) is 13.1 Å². The third-order valence-electron chi connectivity index (χ3n) is 2.45. The Morgan fingerprint density at radius 2 is 1.90 bits per heavy atom. The smallest absolute Gasteiger partial charge is 0.433 e. The van der Waals surface area contributed by atoms with Crippen LogP contribution < -0.4 is 4.74 Å². The molecule has 0 amide bonds. The van der Waals surface area contributed by atoms with E-state index in [1.54, 1.807) is 36.4 Å². The van der Waals surface area contributed by atoms with E-state index in [9.17, 15) is 13.2 Å². The number of hydrogen-bond acceptors (Lipinski definition) is 3. The van der Waals surface area contributed by atoms with E-state index in [2.05, 4.69) is 9.97 Å². The van der Waals surface area contributed by atoms with Gasteiger partial charge in [0.05, 0.1) is 0 Å². The first-order valence-corrected chi connectivity index (χ1v) is 6.29. The Morgan fingerprint density at radius 3 is 2.57 bits per heavy atom. The van der Waals surface area contributed by atoms with Crippen molar-refractivity contribution in [3.63, 3.8) is 0 Å². The van der Waals surface area contributed by atoms with Gasteiger partial charge < -0.3 is 4.74 Å². The van der Waals surface area contributed by atoms with Gasteiger partial charge in [0.1, 0.15) is 5.75 Å². The highest BCUT2D eigenvalue weighted by molar-refractivity contribution is 6.28. The summed E-state index contributed by atoms with van der Waals surface area (Å²) in [6.45, 7) is 1.82. The van der Waals surface area contributed by atoms with E-state index in [0.29, 0.717) is 17.4 Å². The fourth-order valence-corrected chi connectivity index (χ4v) is 1.77. The minimum atomic E-state index is -4.62. The molecule has 0 saturated carbocycles. The lowest BCUT2D eigenvalue weighted by atomic mass is 10.2. The standard InChI is InChI=1S/C14H10ClF3N2O/c1-2-5-9-6-3-4-7-10(9)21-12-8-11(14(16,17)18)19-13(15)20-12/h2-8H,1H3/b5-2+. The van der Waals surface area contributed by atoms with Gasteiger partial charge in [-0.2, -0.15) is 18.2 Å². The number of para-hydroxylation sites is 1. The SMILES string of the molecule is C/C=C/c1ccccc1Oc1cc(C(F)(F)F)nc(Cl)n1. The van der Waals surface area contributed by atoms with Crippen LogP contribution >= 0.6 is 11.6 Å². The van der Waals surface area contributed by atoms with Gasteiger partial charge in [-0.15, -0.1) is 0 Å². The number of nitrogens with zero attached hydrogens (tertiary/aromatic N) is 2. The van der Waals surface area contributed by atoms with Crippen LogP contribution in [-0.2, 0) is 6.18 Å². The highest BCUT2D eigenvalue weighted by Crippen LogP contribution is 2.32. The molecule has 3 nitrogen and oxygen atoms in total. The molecule has 0 N–H and O–H groups in total. The van der Waals surface area contributed by atoms with E-state index in [1.807, 2.05) is 6.92 Å². The number of ether oxygens (including phenoxy) is 1. The van der Waals surface area contributed by atoms with Crippen LogP contribution in [0.2, 0.25) is 5.28 Å². The van der Waals surface area contributed by atoms with Crippen LogP contribution in [-0.4, -0.2) is 9.97 Å². The number of allylic oxidation sites excluding steroid dienone is 1. The number of aromatic nitrogens is 2. The molecule has 1 aromatic carbocycles. The molecule has 0 radical (unpaired) electrons. The van der Waals surface area contributed by atoms with E-state index in [4.69, 9.17) is 16.3 Å². The molecule has 2 rings (SSSR count). The highest BCUT2D eigenvalue weighted by atomic mass is 35.5. The summed E-state index contributed by atoms with van der Waals surface area (Å²) in [6.07, 6.45) is -1.06. The lowest BCUT2D eigenvalue weighted by Crippen LogP contribution is -2.09. The molecule has 0 saturated heterocycles. The van der Waals surface area contributed by atoms with Gasteiger partial charge in [0, 0.05) is 11.6 Å². The van der Waals surface area contributed by atoms with Gasteiger partial charge in [0.25, 0.3) is 0 Å². The second-order valence-corrected chi connectivity index (χ2v) is 4.34. The Balaban J connectivity index is 2.38. The second-order valence-electron chi connectivity index (χ2n) is 4.00. The zero-order valence-corrected chi connectivity index (χ0v) is 11.6. The molecule has 0 spiro atoms. The van der Waals surface area contributed by atoms with Crippen molar-refractivity contribution in [3.05, 3.63) is 52.9 Å². The molecular formula is C14H10ClF3N2O. The zero-order chi connectivity index (χ0) is 15.5. The fourth-order valence-electron chi connectivity index (χ4n) is 1.60. The maximum Gasteiger partial charge on any atom is 0.433 e. The van der Waals surface area contributed by atoms with Crippen molar-refractivity contribution in [1.29, 1.82) is 0 Å². The predicted molar refractivity (Wildman–Crippen MR) is 73.3 cm³/mol. The quantitative estimate of drug-likeness (QED) is 0.750. The second kappa shape index (κ2) is 6.13. The van der Waals surface area contributed by atoms with Crippen LogP contribution in [0, 0.1) is 0 Å². The van der Waals surface area contributed by atoms with Gasteiger partial charge in [-0.1, -0.05) is 30.4 Å². The van der Waals surface area contributed by atoms with Crippen molar-refractivity contribution >= 4 is 17.7 Å². The summed E-state index contributed by atoms with van der Waals surface area (Å²) in [5, 5.41) is -0.525. The summed E-state index contributed by atoms with van der Waals surface area (Å²) in [5.41, 5.74) is -0.440. The molecule has 0 atom stereocenters. The van der Waals surface area contributed by atoms with E-state index in [0.717, 1.165) is 0 Å². The third-order valence-corrected chi connectivity index (χ3v) is 2.61. The van der Waals surface area contributed by atoms with E-state index >= 15 is 0 Å². The minimum Gasteiger partial charge on any atom is -0.438 e. The molecule has 21 heavy (non-hydrogen) atoms. The van der Waals surface area contributed by atoms with Gasteiger partial charge in [-0.05, 0) is 24.6 Å². The summed E-state index contributed by atoms with van der Waals surface area (Å²) in [5.74, 6) is 0.109. The summed E-state index contributed by atoms with van der Waals surface area (Å²) in [6, 6.07) is 7.59. The molecule has 1 aromatic heterocycles. The van der Waals surface area contributed by atoms with Crippen LogP contribution in [0.25, 0.3) is 6.08 Å². The maximum absolute atomic E-state index is 12.7. The van der Waals surface area contributed by atoms with Crippen molar-refractivity contribution in [2.24, 2.45) is 0 Å². The van der Waals surface area contributed by atoms with E-state index in [-0.39, 0.29) is 5.88 Å². The molecule has 110 valence electrons. The first-order chi connectivity index (χ1) is 9.90. The monoisotopic (exact) mass is 314 g/mol. The molecule has 0 aliphatic carbocycles. The van der Waals surface area contributed by atoms with Gasteiger partial charge >= 0.3 is 6.18 Å². The zero-order valence-electron chi connectivity index (χ0n) is 10.9. The van der Waals surface area contributed by atoms with Gasteiger partial charge in [0.2, 0.25) is 11.2 Å². The maximum atomic E-state index is 12.7. The number of benzene rings is 1. The highest BCUT2D eigenvalue weighted by Gasteiger charge is 2.34. The van der Waals surface area contributed by atoms with Crippen LogP contribution in [0.4, 0.5) is 13.2 Å². The summed E-state index contributed by atoms with van der Waals surface area (Å²) >= 11 is 5.51. The fraction of sp³-hybridized carbons (Fsp3) is 0.143. The molecule has 0 bridgehead atoms. The van der Waals surface area contributed by atoms with Crippen molar-refractivity contribution in [1.82, 2.24) is 9.97 Å². The summed E-state index contributed by atoms with van der Waals surface area (Å²) in [4.78, 5) is 6.79. The van der Waals surface area contributed by atoms with E-state index < -0.39 is 17.2 Å². The Labute approximate surface area is 124 Å². The Morgan fingerprint density at radius 1 is 1.19 bits per heavy atom. The summed E-state index contributed by atoms with van der Waals surface area (Å²) in [7, 11) is 0. The molecule has 0 unspecified atom stereocenters. The molecule has 0 aliphatic rings. The largest absolute Gasteiger partial charge is 0.438 e. The number of halogens is 4. The molecule has 7 heteroatoms. The van der Waals surface area contributed by atoms with Gasteiger partial charge in [-0.25, -0.2) is 4.98 Å². The Bertz CT molecular complexity index is 672. The van der Waals surface area contributed by atoms with Crippen LogP contribution in [0.1, 0.15) is 18.2 Å². The normalized spacial score (nSPS) is 11.9. The Kier molecular flexibility index (Phi) is 4.47. The lowest BCUT2D eigenvalue weighted by molar-refractivity contribution is -0.141. The van der Waals surface area contributed by atoms with Crippen molar-refractivity contribution in [2.75, 3.05) is 0 Å². The van der Waals surface area contributed by atoms with E-state index in [1.165, 1.54) is 0 Å². The Hall–Kier alpha value is -2.08. The van der Waals surface area contributed by atoms with Gasteiger partial charge in [-0.3, -0.25) is 0 Å². The number of alkyl halides is 3. The van der Waals surface area contributed by atoms with Gasteiger partial charge in [0.15, 0.2) is 5.69 Å². The predicted octanol–water partition coefficient (Wildman–Crippen LogP) is 4.97. The molecule has 2 aromatic rings. The van der Waals surface area contributed by atoms with Crippen molar-refractivity contribution in [3.8, 4) is 11.6 Å². The number of rotatable bonds is 3. The van der Waals surface area contributed by atoms with Crippen LogP contribution in [0.3, 0.4) is 0 Å². The average Bonchev–Trinajstić information content (AvgIpc) is 2.40. The number of hydrogen-bond donors (Lipinski definition) is 0. The first kappa shape index (κ1) is 15.3. The lowest BCUT2D eigenvalue weighted by Gasteiger charge is -2.10. The van der Waals surface area contributed by atoms with Crippen LogP contribution in [0.15, 0.2) is 36.4 Å². The molecule has 1 heterocycles. The van der Waals surface area contributed by atoms with Crippen molar-refractivity contribution < 1.29 is 17.9 Å². The molecule has 0 aliphatic heterocycles. The molecule has 0 fully saturated rings. The molecular weight excluding hydrogens is 305 g/mol. The average molecular weight is 315 g/mol.